The molecule has 0 unspecified atom stereocenters. The van der Waals surface area contributed by atoms with Crippen LogP contribution in [0.2, 0.25) is 0 Å². The molecule has 0 saturated heterocycles. The highest BCUT2D eigenvalue weighted by atomic mass is 16.1. The summed E-state index contributed by atoms with van der Waals surface area (Å²) in [5.41, 5.74) is 3.98. The Labute approximate surface area is 128 Å². The highest BCUT2D eigenvalue weighted by Gasteiger charge is 2.10. The predicted octanol–water partition coefficient (Wildman–Crippen LogP) is 3.15. The zero-order chi connectivity index (χ0) is 15.5. The third kappa shape index (κ3) is 3.14. The van der Waals surface area contributed by atoms with Crippen LogP contribution in [0.1, 0.15) is 23.2 Å². The Bertz CT molecular complexity index is 805. The summed E-state index contributed by atoms with van der Waals surface area (Å²) >= 11 is 0. The molecule has 0 aliphatic heterocycles. The Morgan fingerprint density at radius 2 is 1.91 bits per heavy atom. The normalized spacial score (nSPS) is 10.8. The van der Waals surface area contributed by atoms with Crippen LogP contribution in [0.5, 0.6) is 0 Å². The number of aryl methyl sites for hydroxylation is 3. The Balaban J connectivity index is 1.64. The van der Waals surface area contributed by atoms with Crippen molar-refractivity contribution in [3.63, 3.8) is 0 Å². The van der Waals surface area contributed by atoms with Crippen LogP contribution >= 0.6 is 0 Å². The number of fused-ring (bicyclic) bond motifs is 1. The molecule has 22 heavy (non-hydrogen) atoms. The third-order valence-corrected chi connectivity index (χ3v) is 3.58. The lowest BCUT2D eigenvalue weighted by atomic mass is 10.1. The molecule has 0 bridgehead atoms. The van der Waals surface area contributed by atoms with Gasteiger partial charge in [0.1, 0.15) is 0 Å². The monoisotopic (exact) mass is 294 g/mol. The number of amides is 1. The number of benzene rings is 1. The molecule has 0 radical (unpaired) electrons. The van der Waals surface area contributed by atoms with Crippen molar-refractivity contribution in [3.8, 4) is 0 Å². The summed E-state index contributed by atoms with van der Waals surface area (Å²) in [5.74, 6) is 0.492. The fourth-order valence-electron chi connectivity index (χ4n) is 2.30. The largest absolute Gasteiger partial charge is 0.309 e. The molecule has 2 aromatic heterocycles. The fraction of sp³-hybridized carbons (Fsp3) is 0.235. The van der Waals surface area contributed by atoms with Crippen LogP contribution in [0.25, 0.3) is 11.0 Å². The van der Waals surface area contributed by atoms with E-state index in [1.165, 1.54) is 5.56 Å². The molecule has 1 amide bonds. The zero-order valence-corrected chi connectivity index (χ0v) is 12.7. The van der Waals surface area contributed by atoms with Crippen molar-refractivity contribution in [2.75, 3.05) is 5.32 Å². The van der Waals surface area contributed by atoms with E-state index >= 15 is 0 Å². The van der Waals surface area contributed by atoms with E-state index in [-0.39, 0.29) is 5.91 Å². The fourth-order valence-corrected chi connectivity index (χ4v) is 2.30. The number of nitrogens with one attached hydrogen (secondary N) is 2. The second-order valence-corrected chi connectivity index (χ2v) is 5.45. The van der Waals surface area contributed by atoms with Gasteiger partial charge in [0.25, 0.3) is 0 Å². The Morgan fingerprint density at radius 3 is 2.68 bits per heavy atom. The minimum absolute atomic E-state index is 0.0467. The standard InChI is InChI=1S/C17H18N4O/c1-11-3-6-13(7-4-11)8-10-15(22)19-17-14-9-5-12(2)18-16(14)20-21-17/h3-7,9H,8,10H2,1-2H3,(H2,18,19,20,21,22). The molecule has 2 N–H and O–H groups in total. The van der Waals surface area contributed by atoms with Crippen LogP contribution in [0, 0.1) is 13.8 Å². The molecule has 5 heteroatoms. The first kappa shape index (κ1) is 14.3. The van der Waals surface area contributed by atoms with Crippen LogP contribution in [-0.4, -0.2) is 21.1 Å². The molecule has 0 fully saturated rings. The summed E-state index contributed by atoms with van der Waals surface area (Å²) in [5, 5.41) is 10.6. The molecule has 2 heterocycles. The van der Waals surface area contributed by atoms with Crippen molar-refractivity contribution >= 4 is 22.8 Å². The molecule has 1 aromatic carbocycles. The number of pyridine rings is 1. The van der Waals surface area contributed by atoms with Crippen LogP contribution in [0.4, 0.5) is 5.82 Å². The van der Waals surface area contributed by atoms with Gasteiger partial charge in [-0.15, -0.1) is 0 Å². The summed E-state index contributed by atoms with van der Waals surface area (Å²) in [4.78, 5) is 16.4. The molecule has 0 aliphatic carbocycles. The van der Waals surface area contributed by atoms with Crippen molar-refractivity contribution in [3.05, 3.63) is 53.2 Å². The Hall–Kier alpha value is -2.69. The number of hydrogen-bond donors (Lipinski definition) is 2. The van der Waals surface area contributed by atoms with Crippen LogP contribution < -0.4 is 5.32 Å². The van der Waals surface area contributed by atoms with Gasteiger partial charge in [-0.3, -0.25) is 9.89 Å². The first-order chi connectivity index (χ1) is 10.6. The van der Waals surface area contributed by atoms with Gasteiger partial charge in [-0.05, 0) is 38.0 Å². The first-order valence-corrected chi connectivity index (χ1v) is 7.29. The number of aromatic amines is 1. The maximum Gasteiger partial charge on any atom is 0.225 e. The zero-order valence-electron chi connectivity index (χ0n) is 12.7. The van der Waals surface area contributed by atoms with Gasteiger partial charge in [0, 0.05) is 12.1 Å². The van der Waals surface area contributed by atoms with Crippen LogP contribution in [0.15, 0.2) is 36.4 Å². The minimum Gasteiger partial charge on any atom is -0.309 e. The number of anilines is 1. The van der Waals surface area contributed by atoms with Crippen molar-refractivity contribution < 1.29 is 4.79 Å². The van der Waals surface area contributed by atoms with Crippen molar-refractivity contribution in [2.45, 2.75) is 26.7 Å². The first-order valence-electron chi connectivity index (χ1n) is 7.29. The van der Waals surface area contributed by atoms with Crippen molar-refractivity contribution in [2.24, 2.45) is 0 Å². The molecule has 5 nitrogen and oxygen atoms in total. The highest BCUT2D eigenvalue weighted by molar-refractivity contribution is 5.98. The lowest BCUT2D eigenvalue weighted by Crippen LogP contribution is -2.12. The number of aromatic nitrogens is 3. The summed E-state index contributed by atoms with van der Waals surface area (Å²) < 4.78 is 0. The van der Waals surface area contributed by atoms with E-state index in [1.54, 1.807) is 0 Å². The molecule has 112 valence electrons. The number of hydrogen-bond acceptors (Lipinski definition) is 3. The van der Waals surface area contributed by atoms with Gasteiger partial charge >= 0.3 is 0 Å². The van der Waals surface area contributed by atoms with E-state index in [0.29, 0.717) is 24.3 Å². The van der Waals surface area contributed by atoms with Gasteiger partial charge in [-0.25, -0.2) is 4.98 Å². The van der Waals surface area contributed by atoms with E-state index in [0.717, 1.165) is 16.6 Å². The molecular formula is C17H18N4O. The second-order valence-electron chi connectivity index (χ2n) is 5.45. The van der Waals surface area contributed by atoms with Crippen molar-refractivity contribution in [1.29, 1.82) is 0 Å². The van der Waals surface area contributed by atoms with Crippen LogP contribution in [-0.2, 0) is 11.2 Å². The molecule has 0 spiro atoms. The molecule has 3 rings (SSSR count). The second kappa shape index (κ2) is 5.97. The van der Waals surface area contributed by atoms with Gasteiger partial charge in [-0.1, -0.05) is 29.8 Å². The average Bonchev–Trinajstić information content (AvgIpc) is 2.89. The quantitative estimate of drug-likeness (QED) is 0.776. The van der Waals surface area contributed by atoms with Crippen LogP contribution in [0.3, 0.4) is 0 Å². The lowest BCUT2D eigenvalue weighted by molar-refractivity contribution is -0.116. The smallest absolute Gasteiger partial charge is 0.225 e. The van der Waals surface area contributed by atoms with E-state index in [9.17, 15) is 4.79 Å². The maximum atomic E-state index is 12.1. The number of H-pyrrole nitrogens is 1. The van der Waals surface area contributed by atoms with E-state index < -0.39 is 0 Å². The molecule has 0 saturated carbocycles. The highest BCUT2D eigenvalue weighted by Crippen LogP contribution is 2.19. The number of carbonyl (C=O) groups excluding carboxylic acids is 1. The topological polar surface area (TPSA) is 70.7 Å². The summed E-state index contributed by atoms with van der Waals surface area (Å²) in [6.07, 6.45) is 1.14. The van der Waals surface area contributed by atoms with E-state index in [1.807, 2.05) is 19.1 Å². The lowest BCUT2D eigenvalue weighted by Gasteiger charge is -2.03. The Kier molecular flexibility index (Phi) is 3.87. The van der Waals surface area contributed by atoms with Gasteiger partial charge in [0.2, 0.25) is 5.91 Å². The number of carbonyl (C=O) groups is 1. The van der Waals surface area contributed by atoms with Gasteiger partial charge < -0.3 is 5.32 Å². The summed E-state index contributed by atoms with van der Waals surface area (Å²) in [6.45, 7) is 3.97. The SMILES string of the molecule is Cc1ccc(CCC(=O)Nc2n[nH]c3nc(C)ccc23)cc1. The van der Waals surface area contributed by atoms with Crippen molar-refractivity contribution in [1.82, 2.24) is 15.2 Å². The molecule has 0 aliphatic rings. The molecular weight excluding hydrogens is 276 g/mol. The molecule has 3 aromatic rings. The average molecular weight is 294 g/mol. The minimum atomic E-state index is -0.0467. The summed E-state index contributed by atoms with van der Waals surface area (Å²) in [6, 6.07) is 12.0. The number of rotatable bonds is 4. The number of nitrogens with zero attached hydrogens (tertiary/aromatic N) is 2. The predicted molar refractivity (Wildman–Crippen MR) is 86.8 cm³/mol. The maximum absolute atomic E-state index is 12.1. The van der Waals surface area contributed by atoms with Gasteiger partial charge in [0.05, 0.1) is 5.39 Å². The van der Waals surface area contributed by atoms with Gasteiger partial charge in [-0.2, -0.15) is 5.10 Å². The molecule has 0 atom stereocenters. The van der Waals surface area contributed by atoms with E-state index in [4.69, 9.17) is 0 Å². The van der Waals surface area contributed by atoms with Gasteiger partial charge in [0.15, 0.2) is 11.5 Å². The third-order valence-electron chi connectivity index (χ3n) is 3.58. The van der Waals surface area contributed by atoms with E-state index in [2.05, 4.69) is 51.7 Å². The summed E-state index contributed by atoms with van der Waals surface area (Å²) in [7, 11) is 0. The Morgan fingerprint density at radius 1 is 1.14 bits per heavy atom.